The Morgan fingerprint density at radius 1 is 0.848 bits per heavy atom. The van der Waals surface area contributed by atoms with E-state index in [-0.39, 0.29) is 5.82 Å². The van der Waals surface area contributed by atoms with Crippen LogP contribution in [0.5, 0.6) is 0 Å². The summed E-state index contributed by atoms with van der Waals surface area (Å²) in [5.41, 5.74) is 1.70. The van der Waals surface area contributed by atoms with Gasteiger partial charge in [-0.15, -0.1) is 20.4 Å². The van der Waals surface area contributed by atoms with Gasteiger partial charge in [0.25, 0.3) is 0 Å². The summed E-state index contributed by atoms with van der Waals surface area (Å²) < 4.78 is 26.8. The topological polar surface area (TPSA) is 82.1 Å². The first-order valence-corrected chi connectivity index (χ1v) is 11.7. The number of halogens is 1. The molecule has 2 aromatic heterocycles. The van der Waals surface area contributed by atoms with Crippen molar-refractivity contribution in [2.75, 3.05) is 32.8 Å². The third-order valence-electron chi connectivity index (χ3n) is 5.38. The number of morpholine rings is 1. The number of aromatic nitrogens is 5. The summed E-state index contributed by atoms with van der Waals surface area (Å²) in [4.78, 5) is 2.36. The molecule has 33 heavy (non-hydrogen) atoms. The smallest absolute Gasteiger partial charge is 0.247 e. The maximum atomic E-state index is 13.4. The molecule has 0 bridgehead atoms. The second kappa shape index (κ2) is 10.2. The number of ether oxygens (including phenoxy) is 1. The van der Waals surface area contributed by atoms with Crippen LogP contribution in [0.2, 0.25) is 0 Å². The second-order valence-corrected chi connectivity index (χ2v) is 8.52. The van der Waals surface area contributed by atoms with E-state index in [4.69, 9.17) is 9.15 Å². The molecule has 0 aliphatic carbocycles. The Morgan fingerprint density at radius 3 is 2.42 bits per heavy atom. The van der Waals surface area contributed by atoms with Crippen molar-refractivity contribution in [2.45, 2.75) is 17.5 Å². The van der Waals surface area contributed by atoms with Crippen molar-refractivity contribution in [2.24, 2.45) is 0 Å². The Hall–Kier alpha value is -3.08. The highest BCUT2D eigenvalue weighted by atomic mass is 32.2. The van der Waals surface area contributed by atoms with Gasteiger partial charge in [0.2, 0.25) is 11.8 Å². The van der Waals surface area contributed by atoms with E-state index in [2.05, 4.69) is 29.9 Å². The lowest BCUT2D eigenvalue weighted by Gasteiger charge is -2.27. The Bertz CT molecular complexity index is 1180. The fraction of sp³-hybridized carbons (Fsp3) is 0.304. The lowest BCUT2D eigenvalue weighted by molar-refractivity contribution is 0.0361. The maximum absolute atomic E-state index is 13.4. The molecule has 1 saturated heterocycles. The molecule has 0 spiro atoms. The number of rotatable bonds is 8. The molecule has 1 aliphatic rings. The number of hydrogen-bond acceptors (Lipinski definition) is 8. The summed E-state index contributed by atoms with van der Waals surface area (Å²) >= 11 is 1.49. The van der Waals surface area contributed by atoms with E-state index in [1.165, 1.54) is 23.9 Å². The predicted molar refractivity (Wildman–Crippen MR) is 122 cm³/mol. The van der Waals surface area contributed by atoms with Gasteiger partial charge in [-0.2, -0.15) is 0 Å². The summed E-state index contributed by atoms with van der Waals surface area (Å²) in [7, 11) is 0. The fourth-order valence-electron chi connectivity index (χ4n) is 3.61. The van der Waals surface area contributed by atoms with Crippen LogP contribution in [0.25, 0.3) is 22.8 Å². The van der Waals surface area contributed by atoms with Gasteiger partial charge in [0, 0.05) is 37.3 Å². The van der Waals surface area contributed by atoms with Crippen LogP contribution in [-0.4, -0.2) is 62.7 Å². The van der Waals surface area contributed by atoms with Gasteiger partial charge in [-0.25, -0.2) is 4.39 Å². The minimum Gasteiger partial charge on any atom is -0.420 e. The Morgan fingerprint density at radius 2 is 1.64 bits per heavy atom. The lowest BCUT2D eigenvalue weighted by atomic mass is 10.2. The second-order valence-electron chi connectivity index (χ2n) is 7.57. The summed E-state index contributed by atoms with van der Waals surface area (Å²) in [6.45, 7) is 4.86. The van der Waals surface area contributed by atoms with Crippen molar-refractivity contribution in [1.29, 1.82) is 0 Å². The minimum absolute atomic E-state index is 0.279. The minimum atomic E-state index is -0.279. The molecule has 0 atom stereocenters. The number of benzene rings is 2. The third-order valence-corrected chi connectivity index (χ3v) is 6.33. The van der Waals surface area contributed by atoms with Crippen LogP contribution < -0.4 is 0 Å². The summed E-state index contributed by atoms with van der Waals surface area (Å²) in [5.74, 6) is 1.91. The van der Waals surface area contributed by atoms with Gasteiger partial charge in [-0.05, 0) is 36.4 Å². The highest BCUT2D eigenvalue weighted by molar-refractivity contribution is 7.98. The van der Waals surface area contributed by atoms with Crippen molar-refractivity contribution in [3.05, 3.63) is 66.3 Å². The number of hydrogen-bond donors (Lipinski definition) is 0. The van der Waals surface area contributed by atoms with E-state index in [1.54, 1.807) is 12.1 Å². The van der Waals surface area contributed by atoms with Gasteiger partial charge < -0.3 is 13.7 Å². The average Bonchev–Trinajstić information content (AvgIpc) is 3.50. The number of nitrogens with zero attached hydrogens (tertiary/aromatic N) is 6. The molecule has 0 N–H and O–H groups in total. The summed E-state index contributed by atoms with van der Waals surface area (Å²) in [5, 5.41) is 17.9. The molecule has 0 amide bonds. The first-order valence-electron chi connectivity index (χ1n) is 10.8. The average molecular weight is 467 g/mol. The van der Waals surface area contributed by atoms with Crippen LogP contribution in [0.15, 0.2) is 64.2 Å². The largest absolute Gasteiger partial charge is 0.420 e. The molecule has 0 radical (unpaired) electrons. The van der Waals surface area contributed by atoms with Crippen LogP contribution >= 0.6 is 11.8 Å². The standard InChI is InChI=1S/C23H23FN6O2S/c24-19-8-6-17(7-9-19)21-26-28-23(30(21)11-10-29-12-14-31-15-13-29)33-16-20-25-27-22(32-20)18-4-2-1-3-5-18/h1-9H,10-16H2. The molecule has 170 valence electrons. The molecule has 5 rings (SSSR count). The van der Waals surface area contributed by atoms with Crippen LogP contribution in [-0.2, 0) is 17.0 Å². The van der Waals surface area contributed by atoms with Crippen LogP contribution in [0, 0.1) is 5.82 Å². The van der Waals surface area contributed by atoms with Crippen LogP contribution in [0.1, 0.15) is 5.89 Å². The van der Waals surface area contributed by atoms with Gasteiger partial charge in [0.1, 0.15) is 5.82 Å². The monoisotopic (exact) mass is 466 g/mol. The van der Waals surface area contributed by atoms with E-state index in [9.17, 15) is 4.39 Å². The Labute approximate surface area is 194 Å². The number of thioether (sulfide) groups is 1. The van der Waals surface area contributed by atoms with Gasteiger partial charge in [-0.3, -0.25) is 4.90 Å². The Kier molecular flexibility index (Phi) is 6.75. The normalized spacial score (nSPS) is 14.6. The highest BCUT2D eigenvalue weighted by Gasteiger charge is 2.18. The van der Waals surface area contributed by atoms with Gasteiger partial charge in [0.05, 0.1) is 19.0 Å². The molecule has 0 unspecified atom stereocenters. The van der Waals surface area contributed by atoms with Gasteiger partial charge >= 0.3 is 0 Å². The molecule has 0 saturated carbocycles. The maximum Gasteiger partial charge on any atom is 0.247 e. The van der Waals surface area contributed by atoms with Crippen molar-refractivity contribution in [1.82, 2.24) is 29.9 Å². The lowest BCUT2D eigenvalue weighted by Crippen LogP contribution is -2.38. The van der Waals surface area contributed by atoms with Crippen molar-refractivity contribution in [3.8, 4) is 22.8 Å². The molecular formula is C23H23FN6O2S. The van der Waals surface area contributed by atoms with Crippen molar-refractivity contribution in [3.63, 3.8) is 0 Å². The molecule has 3 heterocycles. The van der Waals surface area contributed by atoms with E-state index in [0.29, 0.717) is 29.9 Å². The fourth-order valence-corrected chi connectivity index (χ4v) is 4.41. The zero-order valence-electron chi connectivity index (χ0n) is 17.9. The quantitative estimate of drug-likeness (QED) is 0.363. The van der Waals surface area contributed by atoms with Crippen LogP contribution in [0.3, 0.4) is 0 Å². The Balaban J connectivity index is 1.33. The summed E-state index contributed by atoms with van der Waals surface area (Å²) in [6, 6.07) is 16.0. The SMILES string of the molecule is Fc1ccc(-c2nnc(SCc3nnc(-c4ccccc4)o3)n2CCN2CCOCC2)cc1. The third kappa shape index (κ3) is 5.29. The molecule has 10 heteroatoms. The van der Waals surface area contributed by atoms with Crippen molar-refractivity contribution < 1.29 is 13.5 Å². The van der Waals surface area contributed by atoms with E-state index in [0.717, 1.165) is 49.1 Å². The van der Waals surface area contributed by atoms with Gasteiger partial charge in [-0.1, -0.05) is 30.0 Å². The molecular weight excluding hydrogens is 443 g/mol. The van der Waals surface area contributed by atoms with Gasteiger partial charge in [0.15, 0.2) is 11.0 Å². The predicted octanol–water partition coefficient (Wildman–Crippen LogP) is 3.76. The van der Waals surface area contributed by atoms with E-state index in [1.807, 2.05) is 30.3 Å². The van der Waals surface area contributed by atoms with Crippen molar-refractivity contribution >= 4 is 11.8 Å². The summed E-state index contributed by atoms with van der Waals surface area (Å²) in [6.07, 6.45) is 0. The molecule has 2 aromatic carbocycles. The van der Waals surface area contributed by atoms with Crippen LogP contribution in [0.4, 0.5) is 4.39 Å². The zero-order chi connectivity index (χ0) is 22.5. The first kappa shape index (κ1) is 21.7. The van der Waals surface area contributed by atoms with E-state index >= 15 is 0 Å². The highest BCUT2D eigenvalue weighted by Crippen LogP contribution is 2.27. The molecule has 8 nitrogen and oxygen atoms in total. The molecule has 1 aliphatic heterocycles. The molecule has 4 aromatic rings. The van der Waals surface area contributed by atoms with E-state index < -0.39 is 0 Å². The molecule has 1 fully saturated rings. The first-order chi connectivity index (χ1) is 16.3. The zero-order valence-corrected chi connectivity index (χ0v) is 18.7.